The highest BCUT2D eigenvalue weighted by atomic mass is 16.5. The third-order valence-electron chi connectivity index (χ3n) is 2.90. The summed E-state index contributed by atoms with van der Waals surface area (Å²) in [5, 5.41) is 12.1. The number of hydrogen-bond donors (Lipinski definition) is 0. The largest absolute Gasteiger partial charge is 0.805 e. The molecule has 0 amide bonds. The predicted octanol–water partition coefficient (Wildman–Crippen LogP) is 1.32. The SMILES string of the molecule is CCOC(=O)Cc1c(C)n([O-])c2ccccc2[n+]1=O. The van der Waals surface area contributed by atoms with Crippen molar-refractivity contribution in [2.24, 2.45) is 0 Å². The molecule has 6 nitrogen and oxygen atoms in total. The molecule has 0 aliphatic heterocycles. The Labute approximate surface area is 109 Å². The van der Waals surface area contributed by atoms with Gasteiger partial charge in [-0.1, -0.05) is 12.1 Å². The second-order valence-corrected chi connectivity index (χ2v) is 4.09. The van der Waals surface area contributed by atoms with Crippen LogP contribution in [0.2, 0.25) is 0 Å². The summed E-state index contributed by atoms with van der Waals surface area (Å²) in [5.74, 6) is -0.523. The highest BCUT2D eigenvalue weighted by Gasteiger charge is 2.22. The number of ether oxygens (including phenoxy) is 1. The monoisotopic (exact) mass is 262 g/mol. The van der Waals surface area contributed by atoms with Gasteiger partial charge in [-0.2, -0.15) is 0 Å². The van der Waals surface area contributed by atoms with Crippen LogP contribution in [0.4, 0.5) is 0 Å². The molecule has 0 fully saturated rings. The standard InChI is InChI=1S/C13H14N2O4/c1-3-19-13(16)8-12-9(2)14(17)10-6-4-5-7-11(10)15(12)18/h4-7H,3,8H2,1-2H3. The lowest BCUT2D eigenvalue weighted by Gasteiger charge is -2.16. The van der Waals surface area contributed by atoms with E-state index >= 15 is 0 Å². The molecule has 0 radical (unpaired) electrons. The van der Waals surface area contributed by atoms with Crippen LogP contribution in [0, 0.1) is 17.0 Å². The fourth-order valence-corrected chi connectivity index (χ4v) is 1.95. The summed E-state index contributed by atoms with van der Waals surface area (Å²) in [6.07, 6.45) is -0.212. The molecule has 0 aliphatic rings. The van der Waals surface area contributed by atoms with E-state index in [0.29, 0.717) is 9.16 Å². The van der Waals surface area contributed by atoms with Gasteiger partial charge in [0, 0.05) is 11.0 Å². The molecule has 1 aromatic heterocycles. The first-order valence-corrected chi connectivity index (χ1v) is 5.95. The number of nitrogens with zero attached hydrogens (tertiary/aromatic N) is 2. The maximum absolute atomic E-state index is 12.2. The molecule has 2 rings (SSSR count). The molecule has 1 heterocycles. The van der Waals surface area contributed by atoms with E-state index in [1.54, 1.807) is 31.2 Å². The van der Waals surface area contributed by atoms with Gasteiger partial charge in [-0.15, -0.1) is 0 Å². The number of aromatic nitrogens is 2. The smallest absolute Gasteiger partial charge is 0.316 e. The molecule has 2 aromatic rings. The lowest BCUT2D eigenvalue weighted by molar-refractivity contribution is -0.475. The minimum Gasteiger partial charge on any atom is -0.805 e. The molecule has 0 bridgehead atoms. The van der Waals surface area contributed by atoms with Gasteiger partial charge in [0.1, 0.15) is 11.9 Å². The second-order valence-electron chi connectivity index (χ2n) is 4.09. The van der Waals surface area contributed by atoms with Crippen molar-refractivity contribution in [1.82, 2.24) is 4.73 Å². The number of fused-ring (bicyclic) bond motifs is 1. The molecule has 100 valence electrons. The third kappa shape index (κ3) is 2.29. The molecule has 0 saturated heterocycles. The summed E-state index contributed by atoms with van der Waals surface area (Å²) in [7, 11) is 0. The zero-order chi connectivity index (χ0) is 14.0. The van der Waals surface area contributed by atoms with Crippen molar-refractivity contribution in [3.63, 3.8) is 0 Å². The first-order valence-electron chi connectivity index (χ1n) is 5.95. The van der Waals surface area contributed by atoms with Gasteiger partial charge in [0.05, 0.1) is 16.7 Å². The van der Waals surface area contributed by atoms with Crippen LogP contribution >= 0.6 is 0 Å². The maximum Gasteiger partial charge on any atom is 0.316 e. The Balaban J connectivity index is 2.62. The van der Waals surface area contributed by atoms with Crippen molar-refractivity contribution in [1.29, 1.82) is 0 Å². The van der Waals surface area contributed by atoms with E-state index in [9.17, 15) is 14.9 Å². The summed E-state index contributed by atoms with van der Waals surface area (Å²) in [6.45, 7) is 3.44. The van der Waals surface area contributed by atoms with Gasteiger partial charge in [0.25, 0.3) is 11.2 Å². The van der Waals surface area contributed by atoms with E-state index in [1.165, 1.54) is 6.92 Å². The fraction of sp³-hybridized carbons (Fsp3) is 0.308. The van der Waals surface area contributed by atoms with Crippen molar-refractivity contribution < 1.29 is 14.0 Å². The Bertz CT molecular complexity index is 691. The molecule has 6 heteroatoms. The molecule has 1 aromatic carbocycles. The van der Waals surface area contributed by atoms with Crippen LogP contribution in [0.5, 0.6) is 0 Å². The van der Waals surface area contributed by atoms with E-state index in [-0.39, 0.29) is 35.4 Å². The van der Waals surface area contributed by atoms with Crippen LogP contribution in [-0.4, -0.2) is 17.3 Å². The predicted molar refractivity (Wildman–Crippen MR) is 69.1 cm³/mol. The zero-order valence-electron chi connectivity index (χ0n) is 10.8. The number of carbonyl (C=O) groups is 1. The van der Waals surface area contributed by atoms with Gasteiger partial charge in [-0.25, -0.2) is 0 Å². The second kappa shape index (κ2) is 5.09. The van der Waals surface area contributed by atoms with Crippen molar-refractivity contribution in [3.05, 3.63) is 45.8 Å². The number of para-hydroxylation sites is 2. The number of benzene rings is 1. The van der Waals surface area contributed by atoms with Gasteiger partial charge < -0.3 is 14.7 Å². The number of rotatable bonds is 3. The van der Waals surface area contributed by atoms with Crippen LogP contribution in [-0.2, 0) is 16.0 Å². The molecule has 0 unspecified atom stereocenters. The number of carbonyl (C=O) groups excluding carboxylic acids is 1. The lowest BCUT2D eigenvalue weighted by Crippen LogP contribution is -2.29. The molecule has 0 saturated carbocycles. The Hall–Kier alpha value is -2.37. The van der Waals surface area contributed by atoms with Gasteiger partial charge >= 0.3 is 5.97 Å². The summed E-state index contributed by atoms with van der Waals surface area (Å²) >= 11 is 0. The van der Waals surface area contributed by atoms with Crippen LogP contribution in [0.15, 0.2) is 24.3 Å². The first-order chi connectivity index (χ1) is 9.06. The fourth-order valence-electron chi connectivity index (χ4n) is 1.95. The lowest BCUT2D eigenvalue weighted by atomic mass is 10.2. The van der Waals surface area contributed by atoms with Crippen LogP contribution in [0.25, 0.3) is 11.0 Å². The Kier molecular flexibility index (Phi) is 3.50. The average molecular weight is 262 g/mol. The van der Waals surface area contributed by atoms with Crippen molar-refractivity contribution >= 4 is 17.0 Å². The Morgan fingerprint density at radius 2 is 2.11 bits per heavy atom. The minimum atomic E-state index is -0.523. The Morgan fingerprint density at radius 1 is 1.42 bits per heavy atom. The molecule has 19 heavy (non-hydrogen) atoms. The van der Waals surface area contributed by atoms with E-state index in [2.05, 4.69) is 0 Å². The number of hydrogen-bond acceptors (Lipinski definition) is 4. The zero-order valence-corrected chi connectivity index (χ0v) is 10.8. The summed E-state index contributed by atoms with van der Waals surface area (Å²) < 4.78 is 6.09. The molecule has 0 atom stereocenters. The van der Waals surface area contributed by atoms with Gasteiger partial charge in [-0.3, -0.25) is 4.79 Å². The highest BCUT2D eigenvalue weighted by Crippen LogP contribution is 2.14. The molecule has 0 N–H and O–H groups in total. The van der Waals surface area contributed by atoms with E-state index in [1.807, 2.05) is 0 Å². The van der Waals surface area contributed by atoms with E-state index in [0.717, 1.165) is 0 Å². The summed E-state index contributed by atoms with van der Waals surface area (Å²) in [5.41, 5.74) is 0.846. The molecular formula is C13H14N2O4. The summed E-state index contributed by atoms with van der Waals surface area (Å²) in [6, 6.07) is 6.46. The van der Waals surface area contributed by atoms with Crippen LogP contribution in [0.1, 0.15) is 18.3 Å². The Morgan fingerprint density at radius 3 is 2.79 bits per heavy atom. The van der Waals surface area contributed by atoms with Crippen molar-refractivity contribution in [2.75, 3.05) is 6.61 Å². The molecule has 0 spiro atoms. The van der Waals surface area contributed by atoms with E-state index in [4.69, 9.17) is 4.74 Å². The molecular weight excluding hydrogens is 248 g/mol. The summed E-state index contributed by atoms with van der Waals surface area (Å²) in [4.78, 5) is 23.7. The normalized spacial score (nSPS) is 10.6. The minimum absolute atomic E-state index is 0.118. The van der Waals surface area contributed by atoms with Crippen molar-refractivity contribution in [2.45, 2.75) is 20.3 Å². The van der Waals surface area contributed by atoms with Gasteiger partial charge in [0.15, 0.2) is 0 Å². The van der Waals surface area contributed by atoms with Crippen molar-refractivity contribution in [3.8, 4) is 0 Å². The van der Waals surface area contributed by atoms with Crippen LogP contribution in [0.3, 0.4) is 0 Å². The van der Waals surface area contributed by atoms with E-state index < -0.39 is 5.97 Å². The quantitative estimate of drug-likeness (QED) is 0.617. The van der Waals surface area contributed by atoms with Crippen LogP contribution < -0.4 is 4.43 Å². The first kappa shape index (κ1) is 13.1. The third-order valence-corrected chi connectivity index (χ3v) is 2.90. The molecule has 0 aliphatic carbocycles. The number of esters is 1. The van der Waals surface area contributed by atoms with Gasteiger partial charge in [0.2, 0.25) is 0 Å². The van der Waals surface area contributed by atoms with Gasteiger partial charge in [-0.05, 0) is 19.9 Å². The average Bonchev–Trinajstić information content (AvgIpc) is 2.41. The highest BCUT2D eigenvalue weighted by molar-refractivity contribution is 5.74. The topological polar surface area (TPSA) is 77.3 Å². The maximum atomic E-state index is 12.2.